The van der Waals surface area contributed by atoms with Crippen molar-refractivity contribution in [2.45, 2.75) is 31.1 Å². The largest absolute Gasteiger partial charge is 0.395 e. The van der Waals surface area contributed by atoms with Crippen LogP contribution in [0.2, 0.25) is 0 Å². The second-order valence-electron chi connectivity index (χ2n) is 4.30. The zero-order valence-electron chi connectivity index (χ0n) is 10.0. The highest BCUT2D eigenvalue weighted by Gasteiger charge is 2.24. The predicted octanol–water partition coefficient (Wildman–Crippen LogP) is 0.215. The highest BCUT2D eigenvalue weighted by atomic mass is 32.2. The Bertz CT molecular complexity index is 216. The van der Waals surface area contributed by atoms with Crippen molar-refractivity contribution in [1.29, 1.82) is 0 Å². The first-order valence-electron chi connectivity index (χ1n) is 5.83. The van der Waals surface area contributed by atoms with E-state index in [4.69, 9.17) is 5.11 Å². The number of carbonyl (C=O) groups excluding carboxylic acids is 1. The number of hydrogen-bond donors (Lipinski definition) is 3. The van der Waals surface area contributed by atoms with Crippen LogP contribution in [0.15, 0.2) is 0 Å². The number of rotatable bonds is 5. The van der Waals surface area contributed by atoms with E-state index in [2.05, 4.69) is 10.6 Å². The van der Waals surface area contributed by atoms with Crippen LogP contribution < -0.4 is 10.6 Å². The van der Waals surface area contributed by atoms with E-state index in [1.165, 1.54) is 0 Å². The average molecular weight is 246 g/mol. The predicted molar refractivity (Wildman–Crippen MR) is 67.6 cm³/mol. The summed E-state index contributed by atoms with van der Waals surface area (Å²) in [5, 5.41) is 15.4. The Kier molecular flexibility index (Phi) is 6.16. The van der Waals surface area contributed by atoms with E-state index in [1.54, 1.807) is 11.8 Å². The molecule has 1 fully saturated rings. The van der Waals surface area contributed by atoms with Crippen molar-refractivity contribution in [3.05, 3.63) is 0 Å². The number of aliphatic hydroxyl groups is 1. The van der Waals surface area contributed by atoms with Crippen LogP contribution in [0.3, 0.4) is 0 Å². The van der Waals surface area contributed by atoms with Gasteiger partial charge in [0.15, 0.2) is 0 Å². The Morgan fingerprint density at radius 2 is 2.44 bits per heavy atom. The average Bonchev–Trinajstić information content (AvgIpc) is 2.31. The van der Waals surface area contributed by atoms with E-state index in [1.807, 2.05) is 13.2 Å². The minimum absolute atomic E-state index is 0.0226. The molecular weight excluding hydrogens is 224 g/mol. The monoisotopic (exact) mass is 246 g/mol. The first kappa shape index (κ1) is 13.8. The van der Waals surface area contributed by atoms with Gasteiger partial charge in [-0.2, -0.15) is 11.8 Å². The molecule has 3 unspecified atom stereocenters. The van der Waals surface area contributed by atoms with E-state index in [0.717, 1.165) is 25.9 Å². The van der Waals surface area contributed by atoms with E-state index in [9.17, 15) is 4.79 Å². The number of piperidine rings is 1. The normalized spacial score (nSPS) is 24.8. The zero-order valence-corrected chi connectivity index (χ0v) is 10.8. The van der Waals surface area contributed by atoms with Gasteiger partial charge >= 0.3 is 0 Å². The molecule has 0 aromatic rings. The van der Waals surface area contributed by atoms with Crippen molar-refractivity contribution in [3.8, 4) is 0 Å². The molecule has 0 saturated carbocycles. The third kappa shape index (κ3) is 3.96. The molecule has 4 nitrogen and oxygen atoms in total. The van der Waals surface area contributed by atoms with Gasteiger partial charge in [-0.15, -0.1) is 0 Å². The van der Waals surface area contributed by atoms with Crippen LogP contribution in [0.5, 0.6) is 0 Å². The molecule has 1 saturated heterocycles. The van der Waals surface area contributed by atoms with Gasteiger partial charge in [-0.25, -0.2) is 0 Å². The summed E-state index contributed by atoms with van der Waals surface area (Å²) in [6.45, 7) is 3.85. The first-order chi connectivity index (χ1) is 7.69. The van der Waals surface area contributed by atoms with Crippen LogP contribution >= 0.6 is 11.8 Å². The van der Waals surface area contributed by atoms with Gasteiger partial charge in [0.2, 0.25) is 5.91 Å². The summed E-state index contributed by atoms with van der Waals surface area (Å²) in [5.41, 5.74) is 0. The number of nitrogens with one attached hydrogen (secondary N) is 2. The number of aliphatic hydroxyl groups excluding tert-OH is 1. The molecule has 1 aliphatic heterocycles. The molecule has 0 aromatic carbocycles. The maximum atomic E-state index is 11.9. The lowest BCUT2D eigenvalue weighted by Gasteiger charge is -2.26. The maximum absolute atomic E-state index is 11.9. The lowest BCUT2D eigenvalue weighted by molar-refractivity contribution is -0.126. The highest BCUT2D eigenvalue weighted by molar-refractivity contribution is 7.99. The Morgan fingerprint density at radius 3 is 2.94 bits per heavy atom. The molecule has 0 radical (unpaired) electrons. The Balaban J connectivity index is 2.37. The van der Waals surface area contributed by atoms with Crippen molar-refractivity contribution in [2.75, 3.05) is 26.0 Å². The molecule has 1 rings (SSSR count). The maximum Gasteiger partial charge on any atom is 0.224 e. The van der Waals surface area contributed by atoms with Crippen LogP contribution in [0.25, 0.3) is 0 Å². The quantitative estimate of drug-likeness (QED) is 0.649. The van der Waals surface area contributed by atoms with Gasteiger partial charge in [0, 0.05) is 17.8 Å². The molecule has 0 aromatic heterocycles. The molecule has 1 heterocycles. The lowest BCUT2D eigenvalue weighted by atomic mass is 9.98. The Hall–Kier alpha value is -0.260. The van der Waals surface area contributed by atoms with Crippen LogP contribution in [0, 0.1) is 5.92 Å². The van der Waals surface area contributed by atoms with Gasteiger partial charge in [0.05, 0.1) is 12.5 Å². The van der Waals surface area contributed by atoms with Gasteiger partial charge in [-0.1, -0.05) is 0 Å². The topological polar surface area (TPSA) is 61.4 Å². The van der Waals surface area contributed by atoms with E-state index in [0.29, 0.717) is 0 Å². The SMILES string of the molecule is CSC(CO)C(C)NC(=O)C1CCCNC1. The van der Waals surface area contributed by atoms with Gasteiger partial charge in [0.25, 0.3) is 0 Å². The molecule has 0 spiro atoms. The molecule has 94 valence electrons. The van der Waals surface area contributed by atoms with Gasteiger partial charge in [0.1, 0.15) is 0 Å². The van der Waals surface area contributed by atoms with Crippen LogP contribution in [0.1, 0.15) is 19.8 Å². The van der Waals surface area contributed by atoms with Gasteiger partial charge in [-0.3, -0.25) is 4.79 Å². The van der Waals surface area contributed by atoms with Gasteiger partial charge < -0.3 is 15.7 Å². The summed E-state index contributed by atoms with van der Waals surface area (Å²) in [7, 11) is 0. The third-order valence-electron chi connectivity index (χ3n) is 3.08. The van der Waals surface area contributed by atoms with Crippen LogP contribution in [0.4, 0.5) is 0 Å². The summed E-state index contributed by atoms with van der Waals surface area (Å²) in [5.74, 6) is 0.213. The third-order valence-corrected chi connectivity index (χ3v) is 4.24. The molecule has 5 heteroatoms. The number of hydrogen-bond acceptors (Lipinski definition) is 4. The summed E-state index contributed by atoms with van der Waals surface area (Å²) in [4.78, 5) is 11.9. The molecule has 0 aliphatic carbocycles. The smallest absolute Gasteiger partial charge is 0.224 e. The summed E-state index contributed by atoms with van der Waals surface area (Å²) in [6, 6.07) is 0.0226. The molecule has 3 N–H and O–H groups in total. The van der Waals surface area contributed by atoms with Crippen molar-refractivity contribution in [2.24, 2.45) is 5.92 Å². The molecule has 16 heavy (non-hydrogen) atoms. The fourth-order valence-corrected chi connectivity index (χ4v) is 2.57. The van der Waals surface area contributed by atoms with Crippen LogP contribution in [-0.4, -0.2) is 48.3 Å². The highest BCUT2D eigenvalue weighted by Crippen LogP contribution is 2.13. The minimum Gasteiger partial charge on any atom is -0.395 e. The number of carbonyl (C=O) groups is 1. The summed E-state index contributed by atoms with van der Waals surface area (Å²) < 4.78 is 0. The van der Waals surface area contributed by atoms with E-state index in [-0.39, 0.29) is 29.7 Å². The molecular formula is C11H22N2O2S. The van der Waals surface area contributed by atoms with Crippen molar-refractivity contribution in [3.63, 3.8) is 0 Å². The first-order valence-corrected chi connectivity index (χ1v) is 7.12. The molecule has 1 amide bonds. The second kappa shape index (κ2) is 7.14. The minimum atomic E-state index is 0.0226. The zero-order chi connectivity index (χ0) is 12.0. The molecule has 0 bridgehead atoms. The molecule has 1 aliphatic rings. The number of amides is 1. The van der Waals surface area contributed by atoms with E-state index < -0.39 is 0 Å². The van der Waals surface area contributed by atoms with Crippen LogP contribution in [-0.2, 0) is 4.79 Å². The second-order valence-corrected chi connectivity index (χ2v) is 5.37. The summed E-state index contributed by atoms with van der Waals surface area (Å²) >= 11 is 1.59. The summed E-state index contributed by atoms with van der Waals surface area (Å²) in [6.07, 6.45) is 3.98. The lowest BCUT2D eigenvalue weighted by Crippen LogP contribution is -2.47. The Morgan fingerprint density at radius 1 is 1.69 bits per heavy atom. The Labute approximate surface area is 102 Å². The number of thioether (sulfide) groups is 1. The van der Waals surface area contributed by atoms with Crippen molar-refractivity contribution < 1.29 is 9.90 Å². The standard InChI is InChI=1S/C11H22N2O2S/c1-8(10(7-14)16-2)13-11(15)9-4-3-5-12-6-9/h8-10,12,14H,3-7H2,1-2H3,(H,13,15). The van der Waals surface area contributed by atoms with Crippen molar-refractivity contribution in [1.82, 2.24) is 10.6 Å². The van der Waals surface area contributed by atoms with Gasteiger partial charge in [-0.05, 0) is 32.6 Å². The van der Waals surface area contributed by atoms with E-state index >= 15 is 0 Å². The fourth-order valence-electron chi connectivity index (χ4n) is 1.95. The molecule has 3 atom stereocenters. The van der Waals surface area contributed by atoms with Crippen molar-refractivity contribution >= 4 is 17.7 Å². The fraction of sp³-hybridized carbons (Fsp3) is 0.909.